The molecular weight excluding hydrogens is 340 g/mol. The van der Waals surface area contributed by atoms with Gasteiger partial charge in [0.15, 0.2) is 6.23 Å². The monoisotopic (exact) mass is 364 g/mol. The lowest BCUT2D eigenvalue weighted by molar-refractivity contribution is 0.118. The van der Waals surface area contributed by atoms with Crippen LogP contribution < -0.4 is 0 Å². The number of hydrogen-bond donors (Lipinski definition) is 1. The number of sulfonamides is 1. The van der Waals surface area contributed by atoms with Gasteiger partial charge >= 0.3 is 0 Å². The summed E-state index contributed by atoms with van der Waals surface area (Å²) >= 11 is 0. The van der Waals surface area contributed by atoms with Crippen molar-refractivity contribution in [3.05, 3.63) is 23.8 Å². The maximum atomic E-state index is 12.9. The highest BCUT2D eigenvalue weighted by atomic mass is 32.2. The van der Waals surface area contributed by atoms with Crippen molar-refractivity contribution in [2.24, 2.45) is 10.2 Å². The predicted octanol–water partition coefficient (Wildman–Crippen LogP) is 2.41. The lowest BCUT2D eigenvalue weighted by Crippen LogP contribution is -2.48. The van der Waals surface area contributed by atoms with Gasteiger partial charge < -0.3 is 10.0 Å². The van der Waals surface area contributed by atoms with Gasteiger partial charge in [-0.1, -0.05) is 6.42 Å². The van der Waals surface area contributed by atoms with Gasteiger partial charge in [0.1, 0.15) is 0 Å². The summed E-state index contributed by atoms with van der Waals surface area (Å²) in [6, 6.07) is 5.18. The highest BCUT2D eigenvalue weighted by molar-refractivity contribution is 7.89. The number of hydrogen-bond acceptors (Lipinski definition) is 6. The summed E-state index contributed by atoms with van der Waals surface area (Å²) in [5, 5.41) is 17.3. The molecule has 25 heavy (non-hydrogen) atoms. The van der Waals surface area contributed by atoms with E-state index in [-0.39, 0.29) is 4.90 Å². The molecule has 2 fully saturated rings. The van der Waals surface area contributed by atoms with E-state index >= 15 is 0 Å². The Kier molecular flexibility index (Phi) is 4.61. The molecule has 1 aromatic carbocycles. The molecule has 0 bridgehead atoms. The van der Waals surface area contributed by atoms with Crippen LogP contribution in [0.15, 0.2) is 33.3 Å². The quantitative estimate of drug-likeness (QED) is 0.892. The molecule has 3 aliphatic rings. The topological polar surface area (TPSA) is 85.6 Å². The molecule has 4 rings (SSSR count). The minimum Gasteiger partial charge on any atom is -0.366 e. The zero-order valence-electron chi connectivity index (χ0n) is 14.2. The number of fused-ring (bicyclic) bond motifs is 1. The third-order valence-corrected chi connectivity index (χ3v) is 7.41. The predicted molar refractivity (Wildman–Crippen MR) is 93.1 cm³/mol. The number of aliphatic hydroxyl groups is 1. The van der Waals surface area contributed by atoms with E-state index in [1.54, 1.807) is 16.4 Å². The summed E-state index contributed by atoms with van der Waals surface area (Å²) < 4.78 is 27.5. The summed E-state index contributed by atoms with van der Waals surface area (Å²) in [5.74, 6) is 0. The number of piperidine rings is 2. The minimum absolute atomic E-state index is 0.217. The number of nitrogens with zero attached hydrogens (tertiary/aromatic N) is 4. The molecule has 0 spiro atoms. The highest BCUT2D eigenvalue weighted by Crippen LogP contribution is 2.36. The van der Waals surface area contributed by atoms with Gasteiger partial charge in [-0.3, -0.25) is 0 Å². The summed E-state index contributed by atoms with van der Waals surface area (Å²) in [7, 11) is -3.54. The van der Waals surface area contributed by atoms with E-state index in [2.05, 4.69) is 15.1 Å². The summed E-state index contributed by atoms with van der Waals surface area (Å²) in [6.45, 7) is 3.40. The Hall–Kier alpha value is -1.35. The fourth-order valence-corrected chi connectivity index (χ4v) is 5.56. The SMILES string of the molecule is O=S(=O)(c1ccc2c(c1)C(O)N=N2)N1CCC(N2CCCCC2)CC1. The maximum absolute atomic E-state index is 12.9. The Morgan fingerprint density at radius 2 is 1.76 bits per heavy atom. The molecule has 1 aromatic rings. The van der Waals surface area contributed by atoms with Crippen LogP contribution in [0.3, 0.4) is 0 Å². The van der Waals surface area contributed by atoms with Gasteiger partial charge in [-0.05, 0) is 57.0 Å². The van der Waals surface area contributed by atoms with Crippen LogP contribution in [0.2, 0.25) is 0 Å². The van der Waals surface area contributed by atoms with E-state index in [4.69, 9.17) is 0 Å². The van der Waals surface area contributed by atoms with E-state index in [0.29, 0.717) is 30.4 Å². The lowest BCUT2D eigenvalue weighted by Gasteiger charge is -2.39. The summed E-state index contributed by atoms with van der Waals surface area (Å²) in [6.07, 6.45) is 4.54. The van der Waals surface area contributed by atoms with Crippen LogP contribution in [0, 0.1) is 0 Å². The number of azo groups is 1. The smallest absolute Gasteiger partial charge is 0.243 e. The molecule has 0 amide bonds. The van der Waals surface area contributed by atoms with E-state index < -0.39 is 16.3 Å². The van der Waals surface area contributed by atoms with Crippen LogP contribution in [-0.4, -0.2) is 55.0 Å². The van der Waals surface area contributed by atoms with Crippen molar-refractivity contribution < 1.29 is 13.5 Å². The molecule has 3 heterocycles. The van der Waals surface area contributed by atoms with E-state index in [1.165, 1.54) is 25.3 Å². The molecule has 3 aliphatic heterocycles. The van der Waals surface area contributed by atoms with Gasteiger partial charge in [-0.2, -0.15) is 14.5 Å². The second-order valence-corrected chi connectivity index (χ2v) is 8.98. The first-order chi connectivity index (χ1) is 12.1. The van der Waals surface area contributed by atoms with Crippen LogP contribution >= 0.6 is 0 Å². The zero-order valence-corrected chi connectivity index (χ0v) is 15.0. The van der Waals surface area contributed by atoms with E-state index in [1.807, 2.05) is 0 Å². The average molecular weight is 364 g/mol. The first kappa shape index (κ1) is 17.1. The molecule has 0 aromatic heterocycles. The molecule has 0 saturated carbocycles. The van der Waals surface area contributed by atoms with E-state index in [0.717, 1.165) is 25.9 Å². The van der Waals surface area contributed by atoms with Crippen molar-refractivity contribution >= 4 is 15.7 Å². The average Bonchev–Trinajstić information content (AvgIpc) is 3.03. The second-order valence-electron chi connectivity index (χ2n) is 7.04. The number of likely N-dealkylation sites (tertiary alicyclic amines) is 1. The Labute approximate surface area is 148 Å². The number of rotatable bonds is 3. The van der Waals surface area contributed by atoms with Gasteiger partial charge in [0, 0.05) is 24.7 Å². The van der Waals surface area contributed by atoms with Gasteiger partial charge in [-0.25, -0.2) is 8.42 Å². The molecule has 136 valence electrons. The third-order valence-electron chi connectivity index (χ3n) is 5.52. The van der Waals surface area contributed by atoms with Gasteiger partial charge in [0.2, 0.25) is 10.0 Å². The Balaban J connectivity index is 1.46. The van der Waals surface area contributed by atoms with Crippen molar-refractivity contribution in [3.63, 3.8) is 0 Å². The summed E-state index contributed by atoms with van der Waals surface area (Å²) in [4.78, 5) is 2.75. The first-order valence-electron chi connectivity index (χ1n) is 9.03. The molecule has 1 atom stereocenters. The van der Waals surface area contributed by atoms with Crippen LogP contribution in [0.1, 0.15) is 43.9 Å². The van der Waals surface area contributed by atoms with Gasteiger partial charge in [-0.15, -0.1) is 0 Å². The second kappa shape index (κ2) is 6.75. The van der Waals surface area contributed by atoms with Crippen molar-refractivity contribution in [2.75, 3.05) is 26.2 Å². The number of aliphatic hydroxyl groups excluding tert-OH is 1. The Bertz CT molecular complexity index is 766. The molecule has 0 aliphatic carbocycles. The largest absolute Gasteiger partial charge is 0.366 e. The normalized spacial score (nSPS) is 26.0. The van der Waals surface area contributed by atoms with Crippen LogP contribution in [0.5, 0.6) is 0 Å². The van der Waals surface area contributed by atoms with Crippen LogP contribution in [-0.2, 0) is 10.0 Å². The molecule has 8 heteroatoms. The van der Waals surface area contributed by atoms with Gasteiger partial charge in [0.05, 0.1) is 10.6 Å². The van der Waals surface area contributed by atoms with Crippen molar-refractivity contribution in [1.29, 1.82) is 0 Å². The highest BCUT2D eigenvalue weighted by Gasteiger charge is 2.33. The molecule has 2 saturated heterocycles. The molecule has 0 radical (unpaired) electrons. The molecular formula is C17H24N4O3S. The zero-order chi connectivity index (χ0) is 17.4. The molecule has 7 nitrogen and oxygen atoms in total. The maximum Gasteiger partial charge on any atom is 0.243 e. The standard InChI is InChI=1S/C17H24N4O3S/c22-17-15-12-14(4-5-16(15)18-19-17)25(23,24)21-10-6-13(7-11-21)20-8-2-1-3-9-20/h4-5,12-13,17,22H,1-3,6-11H2. The Morgan fingerprint density at radius 3 is 2.48 bits per heavy atom. The Morgan fingerprint density at radius 1 is 1.04 bits per heavy atom. The molecule has 1 unspecified atom stereocenters. The fourth-order valence-electron chi connectivity index (χ4n) is 4.05. The van der Waals surface area contributed by atoms with Crippen molar-refractivity contribution in [2.45, 2.75) is 49.3 Å². The van der Waals surface area contributed by atoms with Crippen LogP contribution in [0.4, 0.5) is 5.69 Å². The van der Waals surface area contributed by atoms with E-state index in [9.17, 15) is 13.5 Å². The third kappa shape index (κ3) is 3.23. The van der Waals surface area contributed by atoms with Crippen molar-refractivity contribution in [3.8, 4) is 0 Å². The lowest BCUT2D eigenvalue weighted by atomic mass is 10.0. The number of benzene rings is 1. The van der Waals surface area contributed by atoms with Crippen LogP contribution in [0.25, 0.3) is 0 Å². The minimum atomic E-state index is -3.54. The van der Waals surface area contributed by atoms with Gasteiger partial charge in [0.25, 0.3) is 0 Å². The summed E-state index contributed by atoms with van der Waals surface area (Å²) in [5.41, 5.74) is 1.000. The van der Waals surface area contributed by atoms with Crippen molar-refractivity contribution in [1.82, 2.24) is 9.21 Å². The first-order valence-corrected chi connectivity index (χ1v) is 10.5. The molecule has 1 N–H and O–H groups in total. The fraction of sp³-hybridized carbons (Fsp3) is 0.647.